The van der Waals surface area contributed by atoms with Crippen LogP contribution in [0, 0.1) is 0 Å². The van der Waals surface area contributed by atoms with Gasteiger partial charge in [0.05, 0.1) is 19.6 Å². The largest absolute Gasteiger partial charge is 0.493 e. The summed E-state index contributed by atoms with van der Waals surface area (Å²) in [6.07, 6.45) is 2.82. The third-order valence-corrected chi connectivity index (χ3v) is 4.85. The second-order valence-corrected chi connectivity index (χ2v) is 7.25. The zero-order valence-corrected chi connectivity index (χ0v) is 18.8. The number of hydrogen-bond donors (Lipinski definition) is 1. The van der Waals surface area contributed by atoms with E-state index in [1.807, 2.05) is 54.6 Å². The zero-order valence-electron chi connectivity index (χ0n) is 18.8. The van der Waals surface area contributed by atoms with Crippen LogP contribution in [0.2, 0.25) is 0 Å². The van der Waals surface area contributed by atoms with Crippen LogP contribution in [0.25, 0.3) is 11.1 Å². The molecule has 0 saturated heterocycles. The lowest BCUT2D eigenvalue weighted by atomic mass is 10.1. The summed E-state index contributed by atoms with van der Waals surface area (Å²) in [5.41, 5.74) is 5.19. The summed E-state index contributed by atoms with van der Waals surface area (Å²) in [4.78, 5) is 24.1. The lowest BCUT2D eigenvalue weighted by Crippen LogP contribution is -2.24. The molecule has 1 N–H and O–H groups in total. The zero-order chi connectivity index (χ0) is 24.5. The van der Waals surface area contributed by atoms with Crippen molar-refractivity contribution in [2.24, 2.45) is 5.10 Å². The van der Waals surface area contributed by atoms with Gasteiger partial charge in [0.2, 0.25) is 5.76 Å². The van der Waals surface area contributed by atoms with Crippen molar-refractivity contribution < 1.29 is 28.2 Å². The summed E-state index contributed by atoms with van der Waals surface area (Å²) < 4.78 is 21.1. The summed E-state index contributed by atoms with van der Waals surface area (Å²) in [7, 11) is 1.45. The molecule has 0 radical (unpaired) electrons. The van der Waals surface area contributed by atoms with Gasteiger partial charge in [-0.15, -0.1) is 0 Å². The van der Waals surface area contributed by atoms with Crippen LogP contribution < -0.4 is 19.6 Å². The number of carbonyl (C=O) groups is 2. The number of methoxy groups -OCH3 is 1. The molecule has 0 atom stereocenters. The van der Waals surface area contributed by atoms with E-state index in [9.17, 15) is 9.59 Å². The number of carbonyl (C=O) groups excluding carboxylic acids is 2. The third-order valence-electron chi connectivity index (χ3n) is 4.85. The molecule has 1 aromatic heterocycles. The molecule has 1 amide bonds. The van der Waals surface area contributed by atoms with Crippen molar-refractivity contribution in [1.29, 1.82) is 0 Å². The number of furan rings is 1. The van der Waals surface area contributed by atoms with Gasteiger partial charge in [0.15, 0.2) is 18.1 Å². The molecule has 4 aromatic rings. The molecule has 0 spiro atoms. The quantitative estimate of drug-likeness (QED) is 0.165. The van der Waals surface area contributed by atoms with Crippen molar-refractivity contribution in [3.63, 3.8) is 0 Å². The van der Waals surface area contributed by atoms with E-state index in [0.29, 0.717) is 17.1 Å². The van der Waals surface area contributed by atoms with E-state index in [0.717, 1.165) is 11.1 Å². The van der Waals surface area contributed by atoms with Crippen molar-refractivity contribution in [3.05, 3.63) is 103 Å². The van der Waals surface area contributed by atoms with Gasteiger partial charge in [0, 0.05) is 0 Å². The lowest BCUT2D eigenvalue weighted by Gasteiger charge is -2.09. The maximum Gasteiger partial charge on any atom is 0.379 e. The molecule has 3 aromatic carbocycles. The standard InChI is InChI=1S/C27H22N2O6/c1-32-25-16-19(9-14-23(25)35-27(31)24-8-5-15-33-24)17-28-29-26(30)18-34-22-12-10-21(11-13-22)20-6-3-2-4-7-20/h2-17H,18H2,1H3,(H,29,30)/b28-17-. The molecule has 0 bridgehead atoms. The number of hydrogen-bond acceptors (Lipinski definition) is 7. The maximum absolute atomic E-state index is 12.1. The molecule has 8 nitrogen and oxygen atoms in total. The van der Waals surface area contributed by atoms with E-state index in [4.69, 9.17) is 18.6 Å². The second-order valence-electron chi connectivity index (χ2n) is 7.25. The second kappa shape index (κ2) is 11.3. The Hall–Kier alpha value is -4.85. The highest BCUT2D eigenvalue weighted by atomic mass is 16.6. The minimum Gasteiger partial charge on any atom is -0.493 e. The van der Waals surface area contributed by atoms with Crippen LogP contribution in [0.15, 0.2) is 101 Å². The Morgan fingerprint density at radius 2 is 1.69 bits per heavy atom. The fourth-order valence-electron chi connectivity index (χ4n) is 3.13. The molecular formula is C27H22N2O6. The van der Waals surface area contributed by atoms with E-state index in [1.165, 1.54) is 25.7 Å². The fourth-order valence-corrected chi connectivity index (χ4v) is 3.13. The van der Waals surface area contributed by atoms with Gasteiger partial charge in [-0.3, -0.25) is 4.79 Å². The Labute approximate surface area is 201 Å². The molecule has 1 heterocycles. The van der Waals surface area contributed by atoms with Crippen molar-refractivity contribution in [2.45, 2.75) is 0 Å². The Bertz CT molecular complexity index is 1300. The number of ether oxygens (including phenoxy) is 3. The molecule has 0 aliphatic heterocycles. The summed E-state index contributed by atoms with van der Waals surface area (Å²) in [6, 6.07) is 25.4. The smallest absolute Gasteiger partial charge is 0.379 e. The minimum absolute atomic E-state index is 0.0785. The number of amides is 1. The van der Waals surface area contributed by atoms with Crippen LogP contribution in [0.4, 0.5) is 0 Å². The van der Waals surface area contributed by atoms with Crippen molar-refractivity contribution in [1.82, 2.24) is 5.43 Å². The number of nitrogens with one attached hydrogen (secondary N) is 1. The Balaban J connectivity index is 1.27. The van der Waals surface area contributed by atoms with Gasteiger partial charge in [0.25, 0.3) is 5.91 Å². The van der Waals surface area contributed by atoms with E-state index in [2.05, 4.69) is 10.5 Å². The highest BCUT2D eigenvalue weighted by Crippen LogP contribution is 2.28. The summed E-state index contributed by atoms with van der Waals surface area (Å²) in [6.45, 7) is -0.187. The van der Waals surface area contributed by atoms with Crippen LogP contribution in [-0.4, -0.2) is 31.8 Å². The predicted molar refractivity (Wildman–Crippen MR) is 130 cm³/mol. The van der Waals surface area contributed by atoms with E-state index in [-0.39, 0.29) is 18.1 Å². The average Bonchev–Trinajstić information content (AvgIpc) is 3.44. The lowest BCUT2D eigenvalue weighted by molar-refractivity contribution is -0.123. The van der Waals surface area contributed by atoms with Crippen molar-refractivity contribution >= 4 is 18.1 Å². The molecule has 0 aliphatic rings. The van der Waals surface area contributed by atoms with Crippen LogP contribution in [0.5, 0.6) is 17.2 Å². The van der Waals surface area contributed by atoms with Gasteiger partial charge >= 0.3 is 5.97 Å². The molecular weight excluding hydrogens is 448 g/mol. The number of benzene rings is 3. The molecule has 0 unspecified atom stereocenters. The molecule has 0 fully saturated rings. The SMILES string of the molecule is COc1cc(/C=N\NC(=O)COc2ccc(-c3ccccc3)cc2)ccc1OC(=O)c1ccco1. The van der Waals surface area contributed by atoms with Crippen LogP contribution in [0.1, 0.15) is 16.1 Å². The molecule has 176 valence electrons. The number of esters is 1. The molecule has 35 heavy (non-hydrogen) atoms. The highest BCUT2D eigenvalue weighted by Gasteiger charge is 2.15. The first kappa shape index (κ1) is 23.3. The van der Waals surface area contributed by atoms with Gasteiger partial charge in [0.1, 0.15) is 5.75 Å². The summed E-state index contributed by atoms with van der Waals surface area (Å²) in [5, 5.41) is 3.93. The van der Waals surface area contributed by atoms with Gasteiger partial charge < -0.3 is 18.6 Å². The summed E-state index contributed by atoms with van der Waals surface area (Å²) >= 11 is 0. The van der Waals surface area contributed by atoms with Crippen LogP contribution >= 0.6 is 0 Å². The van der Waals surface area contributed by atoms with E-state index in [1.54, 1.807) is 24.3 Å². The minimum atomic E-state index is -0.642. The third kappa shape index (κ3) is 6.35. The topological polar surface area (TPSA) is 99.4 Å². The van der Waals surface area contributed by atoms with Crippen LogP contribution in [0.3, 0.4) is 0 Å². The first-order valence-electron chi connectivity index (χ1n) is 10.7. The summed E-state index contributed by atoms with van der Waals surface area (Å²) in [5.74, 6) is 0.147. The number of rotatable bonds is 9. The Kier molecular flexibility index (Phi) is 7.55. The number of nitrogens with zero attached hydrogens (tertiary/aromatic N) is 1. The van der Waals surface area contributed by atoms with Crippen molar-refractivity contribution in [2.75, 3.05) is 13.7 Å². The van der Waals surface area contributed by atoms with E-state index < -0.39 is 11.9 Å². The molecule has 8 heteroatoms. The highest BCUT2D eigenvalue weighted by molar-refractivity contribution is 5.89. The maximum atomic E-state index is 12.1. The predicted octanol–water partition coefficient (Wildman–Crippen LogP) is 4.70. The first-order valence-corrected chi connectivity index (χ1v) is 10.7. The van der Waals surface area contributed by atoms with Gasteiger partial charge in [-0.25, -0.2) is 10.2 Å². The average molecular weight is 470 g/mol. The van der Waals surface area contributed by atoms with Gasteiger partial charge in [-0.2, -0.15) is 5.10 Å². The normalized spacial score (nSPS) is 10.7. The molecule has 0 aliphatic carbocycles. The van der Waals surface area contributed by atoms with Crippen LogP contribution in [-0.2, 0) is 4.79 Å². The van der Waals surface area contributed by atoms with E-state index >= 15 is 0 Å². The van der Waals surface area contributed by atoms with Crippen molar-refractivity contribution in [3.8, 4) is 28.4 Å². The first-order chi connectivity index (χ1) is 17.1. The van der Waals surface area contributed by atoms with Gasteiger partial charge in [-0.05, 0) is 59.2 Å². The van der Waals surface area contributed by atoms with Gasteiger partial charge in [-0.1, -0.05) is 42.5 Å². The molecule has 4 rings (SSSR count). The fraction of sp³-hybridized carbons (Fsp3) is 0.0741. The Morgan fingerprint density at radius 1 is 0.914 bits per heavy atom. The Morgan fingerprint density at radius 3 is 2.40 bits per heavy atom. The number of hydrazone groups is 1. The monoisotopic (exact) mass is 470 g/mol. The molecule has 0 saturated carbocycles.